The van der Waals surface area contributed by atoms with Gasteiger partial charge in [-0.15, -0.1) is 11.6 Å². The van der Waals surface area contributed by atoms with Crippen LogP contribution < -0.4 is 0 Å². The summed E-state index contributed by atoms with van der Waals surface area (Å²) < 4.78 is 24.6. The molecule has 0 heterocycles. The van der Waals surface area contributed by atoms with Crippen molar-refractivity contribution < 1.29 is 13.6 Å². The van der Waals surface area contributed by atoms with Gasteiger partial charge in [-0.1, -0.05) is 91.0 Å². The van der Waals surface area contributed by atoms with Crippen molar-refractivity contribution >= 4 is 19.2 Å². The van der Waals surface area contributed by atoms with Crippen LogP contribution in [0.2, 0.25) is 0 Å². The summed E-state index contributed by atoms with van der Waals surface area (Å²) in [6, 6.07) is 29.8. The summed E-state index contributed by atoms with van der Waals surface area (Å²) >= 11 is 6.97. The van der Waals surface area contributed by atoms with Gasteiger partial charge in [0.2, 0.25) is 0 Å². The molecule has 0 unspecified atom stereocenters. The normalized spacial score (nSPS) is 13.9. The van der Waals surface area contributed by atoms with Gasteiger partial charge in [-0.3, -0.25) is 9.46 Å². The van der Waals surface area contributed by atoms with Gasteiger partial charge in [0.05, 0.1) is 5.38 Å². The summed E-state index contributed by atoms with van der Waals surface area (Å²) in [5, 5.41) is -0.593. The minimum absolute atomic E-state index is 0.549. The summed E-state index contributed by atoms with van der Waals surface area (Å²) in [7, 11) is -0.725. The average Bonchev–Trinajstić information content (AvgIpc) is 2.81. The molecule has 0 bridgehead atoms. The van der Waals surface area contributed by atoms with Crippen LogP contribution in [0, 0.1) is 0 Å². The smallest absolute Gasteiger partial charge is 0.311 e. The summed E-state index contributed by atoms with van der Waals surface area (Å²) in [4.78, 5) is 2.09. The quantitative estimate of drug-likeness (QED) is 0.265. The van der Waals surface area contributed by atoms with Gasteiger partial charge in [0.1, 0.15) is 5.78 Å². The highest BCUT2D eigenvalue weighted by atomic mass is 35.5. The fourth-order valence-corrected chi connectivity index (χ4v) is 5.88. The number of halogens is 1. The molecule has 158 valence electrons. The lowest BCUT2D eigenvalue weighted by atomic mass is 10.1. The van der Waals surface area contributed by atoms with Gasteiger partial charge in [0.25, 0.3) is 0 Å². The maximum absolute atomic E-state index is 13.7. The van der Waals surface area contributed by atoms with Crippen LogP contribution in [0.15, 0.2) is 91.0 Å². The highest BCUT2D eigenvalue weighted by Gasteiger charge is 2.44. The zero-order valence-electron chi connectivity index (χ0n) is 17.2. The van der Waals surface area contributed by atoms with Gasteiger partial charge in [-0.05, 0) is 16.7 Å². The largest absolute Gasteiger partial charge is 0.349 e. The molecule has 0 saturated heterocycles. The monoisotopic (exact) mass is 443 g/mol. The van der Waals surface area contributed by atoms with Crippen molar-refractivity contribution in [2.75, 3.05) is 14.2 Å². The van der Waals surface area contributed by atoms with Crippen LogP contribution in [-0.4, -0.2) is 24.9 Å². The lowest BCUT2D eigenvalue weighted by Crippen LogP contribution is -2.38. The Hall–Kier alpha value is -1.94. The summed E-state index contributed by atoms with van der Waals surface area (Å²) in [6.45, 7) is 1.10. The van der Waals surface area contributed by atoms with Crippen molar-refractivity contribution in [3.8, 4) is 0 Å². The first kappa shape index (κ1) is 22.7. The molecule has 0 aromatic heterocycles. The van der Waals surface area contributed by atoms with E-state index in [1.807, 2.05) is 91.0 Å². The molecule has 0 amide bonds. The van der Waals surface area contributed by atoms with Crippen LogP contribution in [0.3, 0.4) is 0 Å². The van der Waals surface area contributed by atoms with Gasteiger partial charge >= 0.3 is 7.60 Å². The second kappa shape index (κ2) is 10.9. The second-order valence-electron chi connectivity index (χ2n) is 7.01. The lowest BCUT2D eigenvalue weighted by molar-refractivity contribution is 0.172. The van der Waals surface area contributed by atoms with Crippen LogP contribution in [0.4, 0.5) is 0 Å². The Morgan fingerprint density at radius 2 is 1.17 bits per heavy atom. The molecule has 0 aliphatic carbocycles. The molecule has 2 atom stereocenters. The SMILES string of the molecule is COP(=O)(OC)[C@@H]([C@H](Cl)c1ccccc1)N(Cc1ccccc1)Cc1ccccc1. The third-order valence-electron chi connectivity index (χ3n) is 5.04. The maximum atomic E-state index is 13.7. The Morgan fingerprint density at radius 3 is 1.57 bits per heavy atom. The number of rotatable bonds is 10. The highest BCUT2D eigenvalue weighted by Crippen LogP contribution is 2.58. The molecule has 0 radical (unpaired) electrons. The van der Waals surface area contributed by atoms with Crippen molar-refractivity contribution in [3.63, 3.8) is 0 Å². The van der Waals surface area contributed by atoms with Gasteiger partial charge in [-0.25, -0.2) is 0 Å². The summed E-state index contributed by atoms with van der Waals surface area (Å²) in [6.07, 6.45) is 0. The third-order valence-corrected chi connectivity index (χ3v) is 8.00. The molecule has 0 N–H and O–H groups in total. The van der Waals surface area contributed by atoms with Crippen LogP contribution in [0.1, 0.15) is 22.1 Å². The van der Waals surface area contributed by atoms with Crippen LogP contribution in [-0.2, 0) is 26.7 Å². The predicted octanol–water partition coefficient (Wildman–Crippen LogP) is 6.48. The molecule has 3 rings (SSSR count). The summed E-state index contributed by atoms with van der Waals surface area (Å²) in [5.74, 6) is -0.683. The maximum Gasteiger partial charge on any atom is 0.349 e. The molecule has 0 fully saturated rings. The van der Waals surface area contributed by atoms with E-state index in [9.17, 15) is 4.57 Å². The Morgan fingerprint density at radius 1 is 0.767 bits per heavy atom. The fourth-order valence-electron chi connectivity index (χ4n) is 3.52. The van der Waals surface area contributed by atoms with E-state index in [1.54, 1.807) is 0 Å². The molecule has 4 nitrogen and oxygen atoms in total. The molecule has 3 aromatic rings. The number of hydrogen-bond acceptors (Lipinski definition) is 4. The van der Waals surface area contributed by atoms with Crippen molar-refractivity contribution in [1.29, 1.82) is 0 Å². The van der Waals surface area contributed by atoms with Gasteiger partial charge in [0, 0.05) is 27.3 Å². The van der Waals surface area contributed by atoms with E-state index in [2.05, 4.69) is 4.90 Å². The van der Waals surface area contributed by atoms with Crippen LogP contribution in [0.25, 0.3) is 0 Å². The number of hydrogen-bond donors (Lipinski definition) is 0. The van der Waals surface area contributed by atoms with Crippen molar-refractivity contribution in [1.82, 2.24) is 4.90 Å². The molecule has 6 heteroatoms. The highest BCUT2D eigenvalue weighted by molar-refractivity contribution is 7.54. The molecule has 0 saturated carbocycles. The molecule has 30 heavy (non-hydrogen) atoms. The Kier molecular flexibility index (Phi) is 8.26. The standard InChI is InChI=1S/C24H27ClNO3P/c1-28-30(27,29-2)24(23(25)22-16-10-5-11-17-22)26(18-20-12-6-3-7-13-20)19-21-14-8-4-9-15-21/h3-17,23-24H,18-19H2,1-2H3/t23-,24+/m1/s1. The minimum atomic E-state index is -3.55. The molecular formula is C24H27ClNO3P. The topological polar surface area (TPSA) is 38.8 Å². The van der Waals surface area contributed by atoms with E-state index >= 15 is 0 Å². The van der Waals surface area contributed by atoms with Crippen LogP contribution >= 0.6 is 19.2 Å². The van der Waals surface area contributed by atoms with Gasteiger partial charge < -0.3 is 9.05 Å². The van der Waals surface area contributed by atoms with Gasteiger partial charge in [-0.2, -0.15) is 0 Å². The second-order valence-corrected chi connectivity index (χ2v) is 9.82. The molecule has 0 aliphatic heterocycles. The zero-order chi connectivity index (χ0) is 21.4. The van der Waals surface area contributed by atoms with E-state index in [1.165, 1.54) is 14.2 Å². The van der Waals surface area contributed by atoms with E-state index in [4.69, 9.17) is 20.6 Å². The first-order valence-electron chi connectivity index (χ1n) is 9.79. The van der Waals surface area contributed by atoms with Crippen molar-refractivity contribution in [2.45, 2.75) is 24.2 Å². The molecule has 0 aliphatic rings. The average molecular weight is 444 g/mol. The Balaban J connectivity index is 2.05. The van der Waals surface area contributed by atoms with Crippen LogP contribution in [0.5, 0.6) is 0 Å². The third kappa shape index (κ3) is 5.60. The van der Waals surface area contributed by atoms with Crippen molar-refractivity contribution in [2.24, 2.45) is 0 Å². The molecule has 3 aromatic carbocycles. The lowest BCUT2D eigenvalue weighted by Gasteiger charge is -2.37. The van der Waals surface area contributed by atoms with E-state index < -0.39 is 18.8 Å². The van der Waals surface area contributed by atoms with E-state index in [0.29, 0.717) is 13.1 Å². The summed E-state index contributed by atoms with van der Waals surface area (Å²) in [5.41, 5.74) is 3.05. The molecular weight excluding hydrogens is 417 g/mol. The first-order chi connectivity index (χ1) is 14.6. The van der Waals surface area contributed by atoms with Gasteiger partial charge in [0.15, 0.2) is 0 Å². The number of alkyl halides is 1. The number of nitrogens with zero attached hydrogens (tertiary/aromatic N) is 1. The first-order valence-corrected chi connectivity index (χ1v) is 11.8. The number of benzene rings is 3. The Labute approximate surface area is 183 Å². The van der Waals surface area contributed by atoms with Crippen molar-refractivity contribution in [3.05, 3.63) is 108 Å². The van der Waals surface area contributed by atoms with E-state index in [0.717, 1.165) is 16.7 Å². The zero-order valence-corrected chi connectivity index (χ0v) is 18.9. The van der Waals surface area contributed by atoms with E-state index in [-0.39, 0.29) is 0 Å². The fraction of sp³-hybridized carbons (Fsp3) is 0.250. The minimum Gasteiger partial charge on any atom is -0.311 e. The predicted molar refractivity (Wildman–Crippen MR) is 123 cm³/mol. The molecule has 0 spiro atoms. The Bertz CT molecular complexity index is 891.